The molecule has 0 saturated carbocycles. The van der Waals surface area contributed by atoms with Crippen LogP contribution in [0.2, 0.25) is 5.02 Å². The largest absolute Gasteiger partial charge is 0.493 e. The van der Waals surface area contributed by atoms with Gasteiger partial charge in [0, 0.05) is 17.0 Å². The van der Waals surface area contributed by atoms with Gasteiger partial charge >= 0.3 is 0 Å². The van der Waals surface area contributed by atoms with Gasteiger partial charge in [-0.25, -0.2) is 5.01 Å². The summed E-state index contributed by atoms with van der Waals surface area (Å²) < 4.78 is 12.5. The molecule has 30 heavy (non-hydrogen) atoms. The lowest BCUT2D eigenvalue weighted by Gasteiger charge is -2.50. The molecule has 0 aliphatic carbocycles. The highest BCUT2D eigenvalue weighted by Gasteiger charge is 2.53. The summed E-state index contributed by atoms with van der Waals surface area (Å²) in [6, 6.07) is 15.0. The number of piperidine rings is 1. The summed E-state index contributed by atoms with van der Waals surface area (Å²) in [7, 11) is 1.72. The maximum absolute atomic E-state index is 6.79. The minimum atomic E-state index is -0.418. The first-order chi connectivity index (χ1) is 14.5. The number of rotatable bonds is 3. The lowest BCUT2D eigenvalue weighted by Crippen LogP contribution is -3.16. The van der Waals surface area contributed by atoms with E-state index in [0.29, 0.717) is 6.04 Å². The van der Waals surface area contributed by atoms with Gasteiger partial charge in [0.05, 0.1) is 50.8 Å². The highest BCUT2D eigenvalue weighted by molar-refractivity contribution is 6.30. The number of likely N-dealkylation sites (tertiary alicyclic amines) is 1. The first-order valence-electron chi connectivity index (χ1n) is 10.8. The van der Waals surface area contributed by atoms with Crippen LogP contribution < -0.4 is 14.4 Å². The van der Waals surface area contributed by atoms with Gasteiger partial charge in [0.25, 0.3) is 0 Å². The molecule has 0 bridgehead atoms. The zero-order chi connectivity index (χ0) is 20.9. The van der Waals surface area contributed by atoms with Crippen molar-refractivity contribution in [2.75, 3.05) is 20.2 Å². The van der Waals surface area contributed by atoms with Crippen LogP contribution >= 0.6 is 11.6 Å². The van der Waals surface area contributed by atoms with E-state index in [0.717, 1.165) is 65.7 Å². The summed E-state index contributed by atoms with van der Waals surface area (Å²) in [5.74, 6) is 1.70. The molecule has 2 aromatic rings. The van der Waals surface area contributed by atoms with Gasteiger partial charge in [-0.1, -0.05) is 35.9 Å². The monoisotopic (exact) mass is 426 g/mol. The number of benzene rings is 2. The third-order valence-corrected chi connectivity index (χ3v) is 7.13. The van der Waals surface area contributed by atoms with Gasteiger partial charge < -0.3 is 14.4 Å². The highest BCUT2D eigenvalue weighted by atomic mass is 35.5. The van der Waals surface area contributed by atoms with E-state index in [9.17, 15) is 0 Å². The Morgan fingerprint density at radius 3 is 2.57 bits per heavy atom. The van der Waals surface area contributed by atoms with Crippen molar-refractivity contribution < 1.29 is 14.4 Å². The lowest BCUT2D eigenvalue weighted by molar-refractivity contribution is -0.929. The lowest BCUT2D eigenvalue weighted by atomic mass is 9.90. The molecule has 1 saturated heterocycles. The molecule has 158 valence electrons. The molecule has 2 aromatic carbocycles. The zero-order valence-corrected chi connectivity index (χ0v) is 18.6. The highest BCUT2D eigenvalue weighted by Crippen LogP contribution is 2.52. The predicted octanol–water partition coefficient (Wildman–Crippen LogP) is 3.68. The Morgan fingerprint density at radius 2 is 1.90 bits per heavy atom. The number of para-hydroxylation sites is 1. The maximum Gasteiger partial charge on any atom is 0.209 e. The molecule has 5 nitrogen and oxygen atoms in total. The topological polar surface area (TPSA) is 38.5 Å². The molecule has 1 fully saturated rings. The number of hydrogen-bond acceptors (Lipinski definition) is 4. The normalized spacial score (nSPS) is 27.5. The molecule has 1 spiro atoms. The third-order valence-electron chi connectivity index (χ3n) is 6.88. The zero-order valence-electron chi connectivity index (χ0n) is 17.8. The van der Waals surface area contributed by atoms with Crippen LogP contribution in [0.3, 0.4) is 0 Å². The second-order valence-electron chi connectivity index (χ2n) is 8.86. The van der Waals surface area contributed by atoms with Gasteiger partial charge in [-0.2, -0.15) is 5.10 Å². The number of halogens is 1. The Labute approximate surface area is 183 Å². The Kier molecular flexibility index (Phi) is 4.91. The van der Waals surface area contributed by atoms with Crippen LogP contribution in [0.15, 0.2) is 47.6 Å². The molecule has 0 aromatic heterocycles. The smallest absolute Gasteiger partial charge is 0.209 e. The van der Waals surface area contributed by atoms with E-state index in [1.807, 2.05) is 24.3 Å². The van der Waals surface area contributed by atoms with Crippen LogP contribution in [0.25, 0.3) is 0 Å². The first-order valence-corrected chi connectivity index (χ1v) is 11.2. The van der Waals surface area contributed by atoms with Crippen molar-refractivity contribution in [3.8, 4) is 11.5 Å². The van der Waals surface area contributed by atoms with Crippen LogP contribution in [0.5, 0.6) is 11.5 Å². The van der Waals surface area contributed by atoms with Crippen LogP contribution in [0.4, 0.5) is 0 Å². The number of fused-ring (bicyclic) bond motifs is 4. The molecule has 3 aliphatic rings. The SMILES string of the molecule is COc1cccc2c1OC1(CC[NH+](C(C)C)CC1)N1N=C(c3ccc(Cl)cc3)C[C@H]21. The second-order valence-corrected chi connectivity index (χ2v) is 9.29. The molecule has 6 heteroatoms. The molecule has 0 radical (unpaired) electrons. The fourth-order valence-corrected chi connectivity index (χ4v) is 5.24. The maximum atomic E-state index is 6.79. The third kappa shape index (κ3) is 3.15. The van der Waals surface area contributed by atoms with E-state index in [1.54, 1.807) is 12.0 Å². The number of methoxy groups -OCH3 is 1. The van der Waals surface area contributed by atoms with Crippen LogP contribution in [-0.2, 0) is 0 Å². The minimum absolute atomic E-state index is 0.162. The Morgan fingerprint density at radius 1 is 1.17 bits per heavy atom. The average molecular weight is 427 g/mol. The Balaban J connectivity index is 1.56. The second kappa shape index (κ2) is 7.47. The number of hydrogen-bond donors (Lipinski definition) is 1. The minimum Gasteiger partial charge on any atom is -0.493 e. The number of quaternary nitrogens is 1. The van der Waals surface area contributed by atoms with Crippen molar-refractivity contribution in [2.45, 2.75) is 50.9 Å². The average Bonchev–Trinajstić information content (AvgIpc) is 3.21. The quantitative estimate of drug-likeness (QED) is 0.813. The molecule has 5 rings (SSSR count). The molecule has 1 atom stereocenters. The van der Waals surface area contributed by atoms with E-state index >= 15 is 0 Å². The standard InChI is InChI=1S/C24H28ClN3O2/c1-16(2)27-13-11-24(12-14-27)28-21(19-5-4-6-22(29-3)23(19)30-24)15-20(26-28)17-7-9-18(25)10-8-17/h4-10,16,21H,11-15H2,1-3H3/p+1/t21-/m1/s1. The molecular formula is C24H29ClN3O2+. The molecule has 3 heterocycles. The molecule has 0 amide bonds. The Hall–Kier alpha value is -2.24. The summed E-state index contributed by atoms with van der Waals surface area (Å²) in [6.07, 6.45) is 2.76. The fourth-order valence-electron chi connectivity index (χ4n) is 5.12. The van der Waals surface area contributed by atoms with Crippen molar-refractivity contribution >= 4 is 17.3 Å². The van der Waals surface area contributed by atoms with Gasteiger partial charge in [0.2, 0.25) is 5.72 Å². The number of ether oxygens (including phenoxy) is 2. The molecule has 3 aliphatic heterocycles. The van der Waals surface area contributed by atoms with Crippen molar-refractivity contribution in [1.29, 1.82) is 0 Å². The van der Waals surface area contributed by atoms with Gasteiger partial charge in [-0.05, 0) is 37.6 Å². The number of hydrazone groups is 1. The summed E-state index contributed by atoms with van der Waals surface area (Å²) in [5, 5.41) is 8.15. The van der Waals surface area contributed by atoms with Crippen LogP contribution in [0.1, 0.15) is 50.3 Å². The summed E-state index contributed by atoms with van der Waals surface area (Å²) in [4.78, 5) is 1.63. The van der Waals surface area contributed by atoms with Crippen molar-refractivity contribution in [3.63, 3.8) is 0 Å². The van der Waals surface area contributed by atoms with E-state index in [2.05, 4.69) is 37.1 Å². The predicted molar refractivity (Wildman–Crippen MR) is 119 cm³/mol. The van der Waals surface area contributed by atoms with Crippen LogP contribution in [-0.4, -0.2) is 42.7 Å². The first kappa shape index (κ1) is 19.7. The van der Waals surface area contributed by atoms with Gasteiger partial charge in [0.15, 0.2) is 11.5 Å². The molecule has 1 N–H and O–H groups in total. The van der Waals surface area contributed by atoms with Crippen molar-refractivity contribution in [1.82, 2.24) is 5.01 Å². The molecule has 0 unspecified atom stereocenters. The summed E-state index contributed by atoms with van der Waals surface area (Å²) in [6.45, 7) is 6.75. The van der Waals surface area contributed by atoms with Gasteiger partial charge in [-0.3, -0.25) is 0 Å². The van der Waals surface area contributed by atoms with E-state index in [1.165, 1.54) is 0 Å². The van der Waals surface area contributed by atoms with E-state index < -0.39 is 5.72 Å². The fraction of sp³-hybridized carbons (Fsp3) is 0.458. The number of nitrogens with zero attached hydrogens (tertiary/aromatic N) is 2. The van der Waals surface area contributed by atoms with E-state index in [4.69, 9.17) is 26.2 Å². The van der Waals surface area contributed by atoms with Crippen molar-refractivity contribution in [3.05, 3.63) is 58.6 Å². The summed E-state index contributed by atoms with van der Waals surface area (Å²) in [5.41, 5.74) is 2.96. The Bertz CT molecular complexity index is 965. The van der Waals surface area contributed by atoms with Gasteiger partial charge in [-0.15, -0.1) is 0 Å². The van der Waals surface area contributed by atoms with Crippen LogP contribution in [0, 0.1) is 0 Å². The number of nitrogens with one attached hydrogen (secondary N) is 1. The van der Waals surface area contributed by atoms with E-state index in [-0.39, 0.29) is 6.04 Å². The van der Waals surface area contributed by atoms with Crippen molar-refractivity contribution in [2.24, 2.45) is 5.10 Å². The molecular weight excluding hydrogens is 398 g/mol. The van der Waals surface area contributed by atoms with Gasteiger partial charge in [0.1, 0.15) is 0 Å². The summed E-state index contributed by atoms with van der Waals surface area (Å²) >= 11 is 6.11.